The van der Waals surface area contributed by atoms with E-state index in [1.165, 1.54) is 13.0 Å². The first kappa shape index (κ1) is 21.2. The van der Waals surface area contributed by atoms with Gasteiger partial charge in [-0.2, -0.15) is 0 Å². The fourth-order valence-electron chi connectivity index (χ4n) is 3.48. The predicted octanol–water partition coefficient (Wildman–Crippen LogP) is 3.68. The molecule has 0 unspecified atom stereocenters. The number of nitrogens with one attached hydrogen (secondary N) is 2. The molecular formula is C23H19F2N3O4. The molecule has 1 heterocycles. The number of carbonyl (C=O) groups is 2. The minimum absolute atomic E-state index is 0.00713. The summed E-state index contributed by atoms with van der Waals surface area (Å²) >= 11 is 0. The van der Waals surface area contributed by atoms with Crippen LogP contribution in [0.25, 0.3) is 10.8 Å². The quantitative estimate of drug-likeness (QED) is 0.633. The lowest BCUT2D eigenvalue weighted by molar-refractivity contribution is -0.119. The Hall–Kier alpha value is -4.01. The Morgan fingerprint density at radius 2 is 1.78 bits per heavy atom. The van der Waals surface area contributed by atoms with Gasteiger partial charge in [-0.15, -0.1) is 0 Å². The summed E-state index contributed by atoms with van der Waals surface area (Å²) in [6.07, 6.45) is -1.42. The van der Waals surface area contributed by atoms with E-state index in [2.05, 4.69) is 10.6 Å². The highest BCUT2D eigenvalue weighted by Crippen LogP contribution is 2.30. The highest BCUT2D eigenvalue weighted by atomic mass is 19.1. The highest BCUT2D eigenvalue weighted by Gasteiger charge is 2.33. The zero-order chi connectivity index (χ0) is 22.8. The van der Waals surface area contributed by atoms with E-state index < -0.39 is 34.9 Å². The molecule has 0 bridgehead atoms. The number of fused-ring (bicyclic) bond motifs is 1. The van der Waals surface area contributed by atoms with Gasteiger partial charge in [0.15, 0.2) is 11.6 Å². The summed E-state index contributed by atoms with van der Waals surface area (Å²) in [5, 5.41) is 6.18. The van der Waals surface area contributed by atoms with E-state index in [0.717, 1.165) is 17.0 Å². The van der Waals surface area contributed by atoms with E-state index in [9.17, 15) is 23.2 Å². The van der Waals surface area contributed by atoms with Gasteiger partial charge in [0, 0.05) is 24.4 Å². The third-order valence-electron chi connectivity index (χ3n) is 5.04. The molecule has 2 amide bonds. The van der Waals surface area contributed by atoms with Gasteiger partial charge in [0.05, 0.1) is 24.5 Å². The summed E-state index contributed by atoms with van der Waals surface area (Å²) in [7, 11) is 0. The van der Waals surface area contributed by atoms with Crippen LogP contribution < -0.4 is 21.0 Å². The molecule has 1 aliphatic rings. The predicted molar refractivity (Wildman–Crippen MR) is 116 cm³/mol. The van der Waals surface area contributed by atoms with Gasteiger partial charge in [-0.3, -0.25) is 14.5 Å². The van der Waals surface area contributed by atoms with Gasteiger partial charge < -0.3 is 15.4 Å². The Bertz CT molecular complexity index is 1260. The summed E-state index contributed by atoms with van der Waals surface area (Å²) in [6.45, 7) is 1.44. The molecule has 0 radical (unpaired) electrons. The van der Waals surface area contributed by atoms with Crippen LogP contribution in [0.3, 0.4) is 0 Å². The van der Waals surface area contributed by atoms with Gasteiger partial charge in [0.25, 0.3) is 0 Å². The third kappa shape index (κ3) is 4.22. The Kier molecular flexibility index (Phi) is 5.72. The van der Waals surface area contributed by atoms with E-state index in [1.54, 1.807) is 36.4 Å². The Morgan fingerprint density at radius 3 is 2.50 bits per heavy atom. The second-order valence-electron chi connectivity index (χ2n) is 7.32. The van der Waals surface area contributed by atoms with Crippen molar-refractivity contribution in [3.05, 3.63) is 76.5 Å². The van der Waals surface area contributed by atoms with Crippen molar-refractivity contribution in [2.24, 2.45) is 0 Å². The van der Waals surface area contributed by atoms with E-state index in [0.29, 0.717) is 10.8 Å². The summed E-state index contributed by atoms with van der Waals surface area (Å²) < 4.78 is 34.8. The van der Waals surface area contributed by atoms with Crippen molar-refractivity contribution in [2.45, 2.75) is 13.0 Å². The molecular weight excluding hydrogens is 420 g/mol. The lowest BCUT2D eigenvalue weighted by Crippen LogP contribution is -2.33. The number of ether oxygens (including phenoxy) is 1. The first-order chi connectivity index (χ1) is 15.3. The average molecular weight is 439 g/mol. The van der Waals surface area contributed by atoms with Crippen LogP contribution in [0.4, 0.5) is 30.6 Å². The lowest BCUT2D eigenvalue weighted by Gasteiger charge is -2.16. The molecule has 1 saturated heterocycles. The number of halogens is 2. The van der Waals surface area contributed by atoms with Gasteiger partial charge in [0.1, 0.15) is 11.8 Å². The number of nitrogens with zero attached hydrogens (tertiary/aromatic N) is 1. The molecule has 32 heavy (non-hydrogen) atoms. The molecule has 0 aliphatic carbocycles. The number of rotatable bonds is 5. The number of cyclic esters (lactones) is 1. The number of benzene rings is 2. The summed E-state index contributed by atoms with van der Waals surface area (Å²) in [6, 6.07) is 13.7. The Labute approximate surface area is 181 Å². The molecule has 164 valence electrons. The Morgan fingerprint density at radius 1 is 1.09 bits per heavy atom. The van der Waals surface area contributed by atoms with Crippen LogP contribution in [0.2, 0.25) is 0 Å². The normalized spacial score (nSPS) is 15.5. The van der Waals surface area contributed by atoms with Crippen LogP contribution in [0, 0.1) is 11.6 Å². The van der Waals surface area contributed by atoms with Gasteiger partial charge in [0.2, 0.25) is 11.3 Å². The molecule has 3 aromatic rings. The molecule has 7 nitrogen and oxygen atoms in total. The van der Waals surface area contributed by atoms with Crippen molar-refractivity contribution in [1.82, 2.24) is 5.32 Å². The molecule has 1 fully saturated rings. The van der Waals surface area contributed by atoms with E-state index in [4.69, 9.17) is 4.74 Å². The Balaban J connectivity index is 1.61. The van der Waals surface area contributed by atoms with E-state index in [1.807, 2.05) is 0 Å². The molecule has 0 aromatic heterocycles. The molecule has 1 atom stereocenters. The minimum Gasteiger partial charge on any atom is -0.442 e. The van der Waals surface area contributed by atoms with Crippen molar-refractivity contribution < 1.29 is 23.1 Å². The SMILES string of the molecule is CC(=O)NC[C@H]1CN(c2cc(F)c(Nc3cccc4ccccc4c3=O)c(F)c2)C(=O)O1. The second-order valence-corrected chi connectivity index (χ2v) is 7.32. The van der Waals surface area contributed by atoms with Crippen LogP contribution in [0.15, 0.2) is 59.4 Å². The van der Waals surface area contributed by atoms with Crippen molar-refractivity contribution in [2.75, 3.05) is 23.3 Å². The minimum atomic E-state index is -0.978. The molecule has 2 N–H and O–H groups in total. The molecule has 4 rings (SSSR count). The third-order valence-corrected chi connectivity index (χ3v) is 5.04. The largest absolute Gasteiger partial charge is 0.442 e. The van der Waals surface area contributed by atoms with Gasteiger partial charge in [-0.25, -0.2) is 13.6 Å². The van der Waals surface area contributed by atoms with Crippen LogP contribution >= 0.6 is 0 Å². The zero-order valence-electron chi connectivity index (χ0n) is 17.0. The fourth-order valence-corrected chi connectivity index (χ4v) is 3.48. The monoisotopic (exact) mass is 439 g/mol. The molecule has 1 aliphatic heterocycles. The molecule has 3 aromatic carbocycles. The van der Waals surface area contributed by atoms with Gasteiger partial charge in [-0.05, 0) is 11.5 Å². The highest BCUT2D eigenvalue weighted by molar-refractivity contribution is 5.90. The number of hydrogen-bond donors (Lipinski definition) is 2. The first-order valence-electron chi connectivity index (χ1n) is 9.84. The summed E-state index contributed by atoms with van der Waals surface area (Å²) in [5.74, 6) is -2.24. The van der Waals surface area contributed by atoms with Crippen LogP contribution in [-0.4, -0.2) is 31.2 Å². The fraction of sp³-hybridized carbons (Fsp3) is 0.174. The smallest absolute Gasteiger partial charge is 0.414 e. The number of carbonyl (C=O) groups excluding carboxylic acids is 2. The molecule has 9 heteroatoms. The van der Waals surface area contributed by atoms with Crippen LogP contribution in [0.5, 0.6) is 0 Å². The topological polar surface area (TPSA) is 87.7 Å². The zero-order valence-corrected chi connectivity index (χ0v) is 17.0. The molecule has 0 spiro atoms. The van der Waals surface area contributed by atoms with Gasteiger partial charge in [-0.1, -0.05) is 36.4 Å². The number of anilines is 3. The standard InChI is InChI=1S/C23H19F2N3O4/c1-13(29)26-11-16-12-28(23(31)32-16)15-9-18(24)21(19(25)10-15)27-20-8-4-6-14-5-2-3-7-17(14)22(20)30/h2-10,16H,11-12H2,1H3,(H,26,29)(H,27,30)/t16-/m0/s1. The second kappa shape index (κ2) is 8.62. The van der Waals surface area contributed by atoms with E-state index in [-0.39, 0.29) is 30.4 Å². The maximum atomic E-state index is 14.8. The summed E-state index contributed by atoms with van der Waals surface area (Å²) in [5.41, 5.74) is -0.944. The van der Waals surface area contributed by atoms with Crippen molar-refractivity contribution in [3.8, 4) is 0 Å². The van der Waals surface area contributed by atoms with Gasteiger partial charge >= 0.3 is 6.09 Å². The lowest BCUT2D eigenvalue weighted by atomic mass is 10.2. The van der Waals surface area contributed by atoms with Crippen molar-refractivity contribution in [3.63, 3.8) is 0 Å². The maximum absolute atomic E-state index is 14.8. The van der Waals surface area contributed by atoms with Crippen LogP contribution in [-0.2, 0) is 9.53 Å². The maximum Gasteiger partial charge on any atom is 0.414 e. The first-order valence-corrected chi connectivity index (χ1v) is 9.84. The average Bonchev–Trinajstić information content (AvgIpc) is 3.05. The van der Waals surface area contributed by atoms with Crippen molar-refractivity contribution >= 4 is 39.8 Å². The van der Waals surface area contributed by atoms with Crippen molar-refractivity contribution in [1.29, 1.82) is 0 Å². The summed E-state index contributed by atoms with van der Waals surface area (Å²) in [4.78, 5) is 37.0. The van der Waals surface area contributed by atoms with E-state index >= 15 is 0 Å². The molecule has 0 saturated carbocycles. The number of hydrogen-bond acceptors (Lipinski definition) is 5. The number of amides is 2. The van der Waals surface area contributed by atoms with Crippen LogP contribution in [0.1, 0.15) is 6.92 Å².